The van der Waals surface area contributed by atoms with Crippen LogP contribution in [0.1, 0.15) is 114 Å². The normalized spacial score (nSPS) is 26.5. The molecule has 1 N–H and O–H groups in total. The molecule has 2 amide bonds. The lowest BCUT2D eigenvalue weighted by molar-refractivity contribution is -0.124. The zero-order valence-corrected chi connectivity index (χ0v) is 26.9. The molecule has 2 aliphatic carbocycles. The Balaban J connectivity index is 1.47. The Morgan fingerprint density at radius 3 is 2.29 bits per heavy atom. The molecule has 0 aromatic carbocycles. The summed E-state index contributed by atoms with van der Waals surface area (Å²) in [5.74, 6) is 5.99. The molecule has 1 atom stereocenters. The van der Waals surface area contributed by atoms with Gasteiger partial charge in [0.25, 0.3) is 0 Å². The van der Waals surface area contributed by atoms with E-state index < -0.39 is 11.6 Å². The van der Waals surface area contributed by atoms with Crippen LogP contribution in [-0.2, 0) is 14.3 Å². The third-order valence-corrected chi connectivity index (χ3v) is 9.47. The van der Waals surface area contributed by atoms with E-state index >= 15 is 0 Å². The quantitative estimate of drug-likeness (QED) is 0.355. The summed E-state index contributed by atoms with van der Waals surface area (Å²) in [5.41, 5.74) is -0.0319. The molecule has 1 aliphatic heterocycles. The van der Waals surface area contributed by atoms with Gasteiger partial charge >= 0.3 is 12.1 Å². The van der Waals surface area contributed by atoms with Crippen LogP contribution in [0.4, 0.5) is 10.5 Å². The second-order valence-corrected chi connectivity index (χ2v) is 14.7. The van der Waals surface area contributed by atoms with E-state index in [2.05, 4.69) is 18.8 Å². The molecular weight excluding hydrogens is 552 g/mol. The standard InChI is InChI=1S/C33H48N2O6S/c1-21(2)7-16-27-19-28(29(42-27)31(37)38)35(30(36)23-10-8-22(3)9-11-23)24-12-14-25(15-13-24)40-26-17-18-34(20-26)32(39)41-33(4,5)6/h19,21-26H,8-15,17-18,20H2,1-6H3,(H,37,38)/t22-,23-,24-,25-,26-/m0/s1. The van der Waals surface area contributed by atoms with Crippen molar-refractivity contribution in [2.24, 2.45) is 17.8 Å². The number of nitrogens with zero attached hydrogens (tertiary/aromatic N) is 2. The number of likely N-dealkylation sites (tertiary alicyclic amines) is 1. The molecule has 8 nitrogen and oxygen atoms in total. The van der Waals surface area contributed by atoms with Gasteiger partial charge in [-0.25, -0.2) is 9.59 Å². The van der Waals surface area contributed by atoms with Crippen molar-refractivity contribution in [2.75, 3.05) is 18.0 Å². The summed E-state index contributed by atoms with van der Waals surface area (Å²) in [6.45, 7) is 13.0. The summed E-state index contributed by atoms with van der Waals surface area (Å²) >= 11 is 1.16. The van der Waals surface area contributed by atoms with Crippen molar-refractivity contribution in [1.29, 1.82) is 0 Å². The first-order valence-corrected chi connectivity index (χ1v) is 16.5. The van der Waals surface area contributed by atoms with Crippen LogP contribution >= 0.6 is 11.3 Å². The highest BCUT2D eigenvalue weighted by atomic mass is 32.1. The number of carboxylic acids is 1. The molecule has 0 radical (unpaired) electrons. The molecule has 1 saturated heterocycles. The molecule has 232 valence electrons. The van der Waals surface area contributed by atoms with E-state index in [1.165, 1.54) is 0 Å². The Hall–Kier alpha value is -2.57. The molecule has 42 heavy (non-hydrogen) atoms. The first kappa shape index (κ1) is 32.3. The predicted molar refractivity (Wildman–Crippen MR) is 165 cm³/mol. The minimum Gasteiger partial charge on any atom is -0.477 e. The molecule has 0 bridgehead atoms. The minimum absolute atomic E-state index is 0.0291. The van der Waals surface area contributed by atoms with Crippen LogP contribution in [-0.4, -0.2) is 64.9 Å². The van der Waals surface area contributed by atoms with Crippen molar-refractivity contribution >= 4 is 35.0 Å². The number of carboxylic acid groups (broad SMARTS) is 1. The summed E-state index contributed by atoms with van der Waals surface area (Å²) in [6.07, 6.45) is 7.27. The lowest BCUT2D eigenvalue weighted by Gasteiger charge is -2.40. The Bertz CT molecular complexity index is 1180. The fourth-order valence-corrected chi connectivity index (χ4v) is 7.08. The molecule has 0 unspecified atom stereocenters. The summed E-state index contributed by atoms with van der Waals surface area (Å²) in [7, 11) is 0. The van der Waals surface area contributed by atoms with Crippen LogP contribution in [0, 0.1) is 29.6 Å². The summed E-state index contributed by atoms with van der Waals surface area (Å²) in [6, 6.07) is 1.73. The molecule has 3 fully saturated rings. The van der Waals surface area contributed by atoms with E-state index in [9.17, 15) is 19.5 Å². The van der Waals surface area contributed by atoms with Gasteiger partial charge in [-0.05, 0) is 90.5 Å². The number of carbonyl (C=O) groups is 3. The fraction of sp³-hybridized carbons (Fsp3) is 0.727. The van der Waals surface area contributed by atoms with Crippen LogP contribution in [0.15, 0.2) is 6.07 Å². The zero-order chi connectivity index (χ0) is 30.6. The second-order valence-electron chi connectivity index (χ2n) is 13.6. The number of thiophene rings is 1. The molecule has 2 saturated carbocycles. The van der Waals surface area contributed by atoms with E-state index in [1.54, 1.807) is 4.90 Å². The largest absolute Gasteiger partial charge is 0.477 e. The second kappa shape index (κ2) is 13.8. The molecular formula is C33H48N2O6S. The highest BCUT2D eigenvalue weighted by Gasteiger charge is 2.39. The van der Waals surface area contributed by atoms with Gasteiger partial charge in [0.1, 0.15) is 10.5 Å². The highest BCUT2D eigenvalue weighted by molar-refractivity contribution is 7.15. The van der Waals surface area contributed by atoms with Gasteiger partial charge in [-0.15, -0.1) is 11.3 Å². The number of carbonyl (C=O) groups excluding carboxylic acids is 2. The average Bonchev–Trinajstić information content (AvgIpc) is 3.56. The maximum Gasteiger partial charge on any atom is 0.410 e. The monoisotopic (exact) mass is 600 g/mol. The summed E-state index contributed by atoms with van der Waals surface area (Å²) < 4.78 is 12.0. The van der Waals surface area contributed by atoms with Crippen LogP contribution in [0.2, 0.25) is 0 Å². The number of aromatic carboxylic acids is 1. The maximum absolute atomic E-state index is 14.1. The Kier molecular flexibility index (Phi) is 10.6. The van der Waals surface area contributed by atoms with Gasteiger partial charge in [0.05, 0.1) is 29.3 Å². The van der Waals surface area contributed by atoms with Gasteiger partial charge in [0.15, 0.2) is 0 Å². The van der Waals surface area contributed by atoms with Crippen LogP contribution in [0.5, 0.6) is 0 Å². The average molecular weight is 601 g/mol. The number of anilines is 1. The van der Waals surface area contributed by atoms with Gasteiger partial charge in [-0.1, -0.05) is 32.6 Å². The lowest BCUT2D eigenvalue weighted by atomic mass is 9.81. The minimum atomic E-state index is -1.02. The lowest BCUT2D eigenvalue weighted by Crippen LogP contribution is -2.47. The van der Waals surface area contributed by atoms with Crippen molar-refractivity contribution in [3.63, 3.8) is 0 Å². The van der Waals surface area contributed by atoms with E-state index in [0.717, 1.165) is 69.1 Å². The first-order chi connectivity index (χ1) is 19.8. The first-order valence-electron chi connectivity index (χ1n) is 15.7. The molecule has 1 aromatic heterocycles. The molecule has 9 heteroatoms. The van der Waals surface area contributed by atoms with Crippen molar-refractivity contribution in [2.45, 2.75) is 123 Å². The number of rotatable bonds is 6. The van der Waals surface area contributed by atoms with Crippen LogP contribution in [0.25, 0.3) is 0 Å². The van der Waals surface area contributed by atoms with Gasteiger partial charge in [0.2, 0.25) is 5.91 Å². The van der Waals surface area contributed by atoms with Crippen LogP contribution < -0.4 is 4.90 Å². The Morgan fingerprint density at radius 2 is 1.69 bits per heavy atom. The number of hydrogen-bond donors (Lipinski definition) is 1. The van der Waals surface area contributed by atoms with Crippen molar-refractivity contribution in [3.05, 3.63) is 15.8 Å². The van der Waals surface area contributed by atoms with Gasteiger partial charge in [-0.2, -0.15) is 0 Å². The number of hydrogen-bond acceptors (Lipinski definition) is 6. The van der Waals surface area contributed by atoms with Crippen molar-refractivity contribution < 1.29 is 29.0 Å². The predicted octanol–water partition coefficient (Wildman–Crippen LogP) is 6.95. The Morgan fingerprint density at radius 1 is 1.02 bits per heavy atom. The third kappa shape index (κ3) is 8.50. The zero-order valence-electron chi connectivity index (χ0n) is 26.1. The van der Waals surface area contributed by atoms with E-state index in [1.807, 2.05) is 45.6 Å². The Labute approximate surface area is 255 Å². The van der Waals surface area contributed by atoms with Crippen molar-refractivity contribution in [3.8, 4) is 11.8 Å². The van der Waals surface area contributed by atoms with Gasteiger partial charge < -0.3 is 24.4 Å². The maximum atomic E-state index is 14.1. The summed E-state index contributed by atoms with van der Waals surface area (Å²) in [4.78, 5) is 43.4. The SMILES string of the molecule is CC(C)C#Cc1cc(N(C(=O)[C@H]2CC[C@H](C)CC2)[C@H]2CC[C@H](O[C@H]3CCN(C(=O)OC(C)(C)C)C3)CC2)c(C(=O)O)s1. The smallest absolute Gasteiger partial charge is 0.410 e. The van der Waals surface area contributed by atoms with E-state index in [0.29, 0.717) is 29.6 Å². The van der Waals surface area contributed by atoms with Gasteiger partial charge in [-0.3, -0.25) is 4.79 Å². The third-order valence-electron chi connectivity index (χ3n) is 8.44. The van der Waals surface area contributed by atoms with E-state index in [4.69, 9.17) is 9.47 Å². The van der Waals surface area contributed by atoms with Gasteiger partial charge in [0, 0.05) is 24.4 Å². The molecule has 4 rings (SSSR count). The molecule has 3 aliphatic rings. The number of ether oxygens (including phenoxy) is 2. The molecule has 0 spiro atoms. The molecule has 1 aromatic rings. The molecule has 2 heterocycles. The highest BCUT2D eigenvalue weighted by Crippen LogP contribution is 2.39. The topological polar surface area (TPSA) is 96.4 Å². The summed E-state index contributed by atoms with van der Waals surface area (Å²) in [5, 5.41) is 10.1. The van der Waals surface area contributed by atoms with Crippen LogP contribution in [0.3, 0.4) is 0 Å². The van der Waals surface area contributed by atoms with Crippen molar-refractivity contribution in [1.82, 2.24) is 4.90 Å². The number of amides is 2. The van der Waals surface area contributed by atoms with E-state index in [-0.39, 0.29) is 47.0 Å². The fourth-order valence-electron chi connectivity index (χ4n) is 6.23.